The first-order valence-corrected chi connectivity index (χ1v) is 8.87. The van der Waals surface area contributed by atoms with Crippen molar-refractivity contribution in [3.63, 3.8) is 0 Å². The van der Waals surface area contributed by atoms with Gasteiger partial charge in [-0.05, 0) is 54.8 Å². The summed E-state index contributed by atoms with van der Waals surface area (Å²) in [6, 6.07) is 12.4. The van der Waals surface area contributed by atoms with Gasteiger partial charge in [0.25, 0.3) is 0 Å². The third-order valence-electron chi connectivity index (χ3n) is 4.61. The first-order chi connectivity index (χ1) is 13.0. The smallest absolute Gasteiger partial charge is 0.335 e. The minimum Gasteiger partial charge on any atom is -0.478 e. The van der Waals surface area contributed by atoms with Crippen LogP contribution in [0.3, 0.4) is 0 Å². The number of halogens is 1. The van der Waals surface area contributed by atoms with E-state index in [-0.39, 0.29) is 17.9 Å². The van der Waals surface area contributed by atoms with E-state index in [1.54, 1.807) is 18.2 Å². The van der Waals surface area contributed by atoms with Gasteiger partial charge in [0.05, 0.1) is 5.56 Å². The highest BCUT2D eigenvalue weighted by atomic mass is 19.1. The van der Waals surface area contributed by atoms with Gasteiger partial charge in [0, 0.05) is 31.4 Å². The van der Waals surface area contributed by atoms with E-state index < -0.39 is 5.97 Å². The molecule has 2 amide bonds. The van der Waals surface area contributed by atoms with Crippen molar-refractivity contribution in [3.8, 4) is 0 Å². The molecule has 1 aliphatic rings. The minimum absolute atomic E-state index is 0.0760. The fourth-order valence-corrected chi connectivity index (χ4v) is 3.18. The molecule has 1 saturated heterocycles. The third kappa shape index (κ3) is 5.52. The lowest BCUT2D eigenvalue weighted by Crippen LogP contribution is -2.45. The number of hydrogen-bond donors (Lipinski definition) is 3. The van der Waals surface area contributed by atoms with Gasteiger partial charge in [-0.1, -0.05) is 12.1 Å². The largest absolute Gasteiger partial charge is 0.478 e. The van der Waals surface area contributed by atoms with Crippen LogP contribution in [0.5, 0.6) is 0 Å². The summed E-state index contributed by atoms with van der Waals surface area (Å²) in [7, 11) is 0. The molecule has 0 bridgehead atoms. The molecule has 3 N–H and O–H groups in total. The maximum absolute atomic E-state index is 12.9. The van der Waals surface area contributed by atoms with Crippen LogP contribution in [0.15, 0.2) is 48.5 Å². The Balaban J connectivity index is 1.44. The number of carboxylic acids is 1. The predicted molar refractivity (Wildman–Crippen MR) is 100 cm³/mol. The van der Waals surface area contributed by atoms with Crippen molar-refractivity contribution in [1.82, 2.24) is 10.2 Å². The first-order valence-electron chi connectivity index (χ1n) is 8.87. The quantitative estimate of drug-likeness (QED) is 0.753. The summed E-state index contributed by atoms with van der Waals surface area (Å²) in [5.41, 5.74) is 1.81. The molecule has 0 spiro atoms. The highest BCUT2D eigenvalue weighted by Crippen LogP contribution is 2.15. The minimum atomic E-state index is -0.924. The van der Waals surface area contributed by atoms with Crippen molar-refractivity contribution in [3.05, 3.63) is 65.5 Å². The van der Waals surface area contributed by atoms with E-state index in [9.17, 15) is 14.0 Å². The van der Waals surface area contributed by atoms with Crippen LogP contribution in [0.1, 0.15) is 28.8 Å². The van der Waals surface area contributed by atoms with Crippen molar-refractivity contribution >= 4 is 17.7 Å². The summed E-state index contributed by atoms with van der Waals surface area (Å²) >= 11 is 0. The normalized spacial score (nSPS) is 15.3. The Morgan fingerprint density at radius 2 is 1.81 bits per heavy atom. The van der Waals surface area contributed by atoms with E-state index in [4.69, 9.17) is 5.11 Å². The van der Waals surface area contributed by atoms with Crippen molar-refractivity contribution in [2.75, 3.05) is 18.4 Å². The Morgan fingerprint density at radius 1 is 1.11 bits per heavy atom. The molecule has 6 nitrogen and oxygen atoms in total. The van der Waals surface area contributed by atoms with Crippen molar-refractivity contribution in [1.29, 1.82) is 0 Å². The second-order valence-electron chi connectivity index (χ2n) is 6.66. The van der Waals surface area contributed by atoms with Gasteiger partial charge in [-0.2, -0.15) is 0 Å². The molecular weight excluding hydrogens is 349 g/mol. The molecule has 0 atom stereocenters. The Bertz CT molecular complexity index is 802. The maximum Gasteiger partial charge on any atom is 0.335 e. The van der Waals surface area contributed by atoms with E-state index in [2.05, 4.69) is 15.5 Å². The van der Waals surface area contributed by atoms with E-state index in [0.29, 0.717) is 17.8 Å². The highest BCUT2D eigenvalue weighted by molar-refractivity contribution is 5.89. The monoisotopic (exact) mass is 371 g/mol. The zero-order chi connectivity index (χ0) is 19.2. The molecule has 0 radical (unpaired) electrons. The number of benzene rings is 2. The van der Waals surface area contributed by atoms with E-state index in [1.807, 2.05) is 6.07 Å². The van der Waals surface area contributed by atoms with Crippen LogP contribution < -0.4 is 10.6 Å². The average Bonchev–Trinajstić information content (AvgIpc) is 2.65. The number of anilines is 1. The van der Waals surface area contributed by atoms with Gasteiger partial charge in [0.1, 0.15) is 5.82 Å². The van der Waals surface area contributed by atoms with Crippen LogP contribution in [0.2, 0.25) is 0 Å². The van der Waals surface area contributed by atoms with Crippen molar-refractivity contribution < 1.29 is 19.1 Å². The Labute approximate surface area is 157 Å². The molecule has 2 aromatic rings. The molecule has 3 rings (SSSR count). The number of likely N-dealkylation sites (tertiary alicyclic amines) is 1. The molecule has 2 aromatic carbocycles. The summed E-state index contributed by atoms with van der Waals surface area (Å²) in [6.45, 7) is 2.33. The Kier molecular flexibility index (Phi) is 6.03. The lowest BCUT2D eigenvalue weighted by Gasteiger charge is -2.32. The molecule has 27 heavy (non-hydrogen) atoms. The summed E-state index contributed by atoms with van der Waals surface area (Å²) < 4.78 is 12.9. The molecule has 0 unspecified atom stereocenters. The van der Waals surface area contributed by atoms with E-state index >= 15 is 0 Å². The number of carboxylic acid groups (broad SMARTS) is 1. The number of carbonyl (C=O) groups excluding carboxylic acids is 1. The van der Waals surface area contributed by atoms with Gasteiger partial charge < -0.3 is 15.7 Å². The average molecular weight is 371 g/mol. The number of aromatic carboxylic acids is 1. The number of urea groups is 1. The summed E-state index contributed by atoms with van der Waals surface area (Å²) in [6.07, 6.45) is 1.63. The van der Waals surface area contributed by atoms with Gasteiger partial charge in [-0.25, -0.2) is 14.0 Å². The van der Waals surface area contributed by atoms with Crippen LogP contribution in [0.4, 0.5) is 14.9 Å². The van der Waals surface area contributed by atoms with Gasteiger partial charge in [0.2, 0.25) is 0 Å². The fraction of sp³-hybridized carbons (Fsp3) is 0.300. The van der Waals surface area contributed by atoms with Crippen LogP contribution >= 0.6 is 0 Å². The van der Waals surface area contributed by atoms with Gasteiger partial charge in [-0.3, -0.25) is 4.90 Å². The van der Waals surface area contributed by atoms with Crippen LogP contribution in [-0.2, 0) is 6.54 Å². The van der Waals surface area contributed by atoms with Crippen LogP contribution in [-0.4, -0.2) is 41.1 Å². The lowest BCUT2D eigenvalue weighted by atomic mass is 10.0. The van der Waals surface area contributed by atoms with Crippen LogP contribution in [0, 0.1) is 5.82 Å². The zero-order valence-electron chi connectivity index (χ0n) is 14.8. The number of piperidine rings is 1. The van der Waals surface area contributed by atoms with E-state index in [0.717, 1.165) is 31.5 Å². The summed E-state index contributed by atoms with van der Waals surface area (Å²) in [4.78, 5) is 25.4. The molecule has 0 aromatic heterocycles. The number of nitrogens with one attached hydrogen (secondary N) is 2. The zero-order valence-corrected chi connectivity index (χ0v) is 14.8. The number of hydrogen-bond acceptors (Lipinski definition) is 3. The number of carbonyl (C=O) groups is 2. The topological polar surface area (TPSA) is 81.7 Å². The first kappa shape index (κ1) is 18.8. The van der Waals surface area contributed by atoms with Gasteiger partial charge in [-0.15, -0.1) is 0 Å². The fourth-order valence-electron chi connectivity index (χ4n) is 3.18. The molecule has 0 aliphatic carbocycles. The number of nitrogens with zero attached hydrogens (tertiary/aromatic N) is 1. The Hall–Kier alpha value is -2.93. The number of amides is 2. The van der Waals surface area contributed by atoms with Gasteiger partial charge in [0.15, 0.2) is 0 Å². The number of rotatable bonds is 5. The summed E-state index contributed by atoms with van der Waals surface area (Å²) in [5, 5.41) is 14.7. The third-order valence-corrected chi connectivity index (χ3v) is 4.61. The second kappa shape index (κ2) is 8.64. The van der Waals surface area contributed by atoms with Crippen LogP contribution in [0.25, 0.3) is 0 Å². The SMILES string of the molecule is O=C(Nc1ccc(F)cc1)NC1CCN(Cc2cccc(C(=O)O)c2)CC1. The van der Waals surface area contributed by atoms with E-state index in [1.165, 1.54) is 24.3 Å². The molecular formula is C20H22FN3O3. The van der Waals surface area contributed by atoms with Crippen molar-refractivity contribution in [2.45, 2.75) is 25.4 Å². The molecule has 1 aliphatic heterocycles. The second-order valence-corrected chi connectivity index (χ2v) is 6.66. The Morgan fingerprint density at radius 3 is 2.48 bits per heavy atom. The predicted octanol–water partition coefficient (Wildman–Crippen LogP) is 3.31. The molecule has 142 valence electrons. The summed E-state index contributed by atoms with van der Waals surface area (Å²) in [5.74, 6) is -1.27. The standard InChI is InChI=1S/C20H22FN3O3/c21-16-4-6-17(7-5-16)22-20(27)23-18-8-10-24(11-9-18)13-14-2-1-3-15(12-14)19(25)26/h1-7,12,18H,8-11,13H2,(H,25,26)(H2,22,23,27). The highest BCUT2D eigenvalue weighted by Gasteiger charge is 2.21. The molecule has 1 fully saturated rings. The lowest BCUT2D eigenvalue weighted by molar-refractivity contribution is 0.0696. The molecule has 1 heterocycles. The maximum atomic E-state index is 12.9. The van der Waals surface area contributed by atoms with Crippen molar-refractivity contribution in [2.24, 2.45) is 0 Å². The molecule has 7 heteroatoms. The molecule has 0 saturated carbocycles. The van der Waals surface area contributed by atoms with Gasteiger partial charge >= 0.3 is 12.0 Å².